The lowest BCUT2D eigenvalue weighted by Crippen LogP contribution is -2.49. The summed E-state index contributed by atoms with van der Waals surface area (Å²) in [5.74, 6) is 0.808. The lowest BCUT2D eigenvalue weighted by atomic mass is 9.95. The number of nitrogens with one attached hydrogen (secondary N) is 1. The normalized spacial score (nSPS) is 30.6. The molecule has 3 nitrogen and oxygen atoms in total. The van der Waals surface area contributed by atoms with E-state index in [9.17, 15) is 0 Å². The molecule has 2 saturated heterocycles. The van der Waals surface area contributed by atoms with E-state index in [1.54, 1.807) is 0 Å². The number of piperidine rings is 2. The standard InChI is InChI=1S/C12H24N2O/c1-15-10-11-4-7-14(8-5-11)12-3-2-6-13-9-12/h11-13H,2-10H2,1H3. The zero-order valence-electron chi connectivity index (χ0n) is 9.87. The molecule has 0 bridgehead atoms. The second-order valence-corrected chi connectivity index (χ2v) is 4.93. The summed E-state index contributed by atoms with van der Waals surface area (Å²) in [6.07, 6.45) is 5.39. The summed E-state index contributed by atoms with van der Waals surface area (Å²) in [6.45, 7) is 5.93. The van der Waals surface area contributed by atoms with Gasteiger partial charge in [-0.2, -0.15) is 0 Å². The number of rotatable bonds is 3. The van der Waals surface area contributed by atoms with Crippen LogP contribution in [0.2, 0.25) is 0 Å². The SMILES string of the molecule is COCC1CCN(C2CCCNC2)CC1. The summed E-state index contributed by atoms with van der Waals surface area (Å²) in [6, 6.07) is 0.808. The Morgan fingerprint density at radius 1 is 1.27 bits per heavy atom. The van der Waals surface area contributed by atoms with E-state index in [4.69, 9.17) is 4.74 Å². The minimum Gasteiger partial charge on any atom is -0.384 e. The van der Waals surface area contributed by atoms with Gasteiger partial charge in [0.15, 0.2) is 0 Å². The van der Waals surface area contributed by atoms with Gasteiger partial charge in [-0.1, -0.05) is 0 Å². The van der Waals surface area contributed by atoms with Crippen LogP contribution in [0.25, 0.3) is 0 Å². The smallest absolute Gasteiger partial charge is 0.0491 e. The van der Waals surface area contributed by atoms with Gasteiger partial charge in [0.1, 0.15) is 0 Å². The largest absolute Gasteiger partial charge is 0.384 e. The van der Waals surface area contributed by atoms with Gasteiger partial charge in [-0.3, -0.25) is 4.90 Å². The summed E-state index contributed by atoms with van der Waals surface area (Å²) >= 11 is 0. The van der Waals surface area contributed by atoms with Crippen molar-refractivity contribution < 1.29 is 4.74 Å². The Bertz CT molecular complexity index is 172. The van der Waals surface area contributed by atoms with Crippen molar-refractivity contribution in [3.63, 3.8) is 0 Å². The Kier molecular flexibility index (Phi) is 4.42. The Labute approximate surface area is 93.2 Å². The average Bonchev–Trinajstić information content (AvgIpc) is 2.32. The monoisotopic (exact) mass is 212 g/mol. The second kappa shape index (κ2) is 5.83. The summed E-state index contributed by atoms with van der Waals surface area (Å²) in [4.78, 5) is 2.68. The number of likely N-dealkylation sites (tertiary alicyclic amines) is 1. The Morgan fingerprint density at radius 3 is 2.67 bits per heavy atom. The molecule has 0 aromatic carbocycles. The van der Waals surface area contributed by atoms with Gasteiger partial charge >= 0.3 is 0 Å². The molecular weight excluding hydrogens is 188 g/mol. The van der Waals surface area contributed by atoms with Crippen molar-refractivity contribution in [3.05, 3.63) is 0 Å². The molecule has 2 rings (SSSR count). The third-order valence-electron chi connectivity index (χ3n) is 3.84. The van der Waals surface area contributed by atoms with E-state index in [2.05, 4.69) is 10.2 Å². The maximum Gasteiger partial charge on any atom is 0.0491 e. The molecular formula is C12H24N2O. The third-order valence-corrected chi connectivity index (χ3v) is 3.84. The van der Waals surface area contributed by atoms with Crippen LogP contribution < -0.4 is 5.32 Å². The van der Waals surface area contributed by atoms with Gasteiger partial charge < -0.3 is 10.1 Å². The van der Waals surface area contributed by atoms with Crippen molar-refractivity contribution in [1.29, 1.82) is 0 Å². The maximum atomic E-state index is 5.23. The van der Waals surface area contributed by atoms with Crippen molar-refractivity contribution in [2.45, 2.75) is 31.7 Å². The first kappa shape index (κ1) is 11.4. The first-order valence-corrected chi connectivity index (χ1v) is 6.34. The van der Waals surface area contributed by atoms with E-state index >= 15 is 0 Å². The minimum atomic E-state index is 0.808. The molecule has 3 heteroatoms. The van der Waals surface area contributed by atoms with Crippen LogP contribution in [-0.4, -0.2) is 50.8 Å². The molecule has 1 N–H and O–H groups in total. The van der Waals surface area contributed by atoms with E-state index in [0.717, 1.165) is 18.6 Å². The Morgan fingerprint density at radius 2 is 2.07 bits per heavy atom. The van der Waals surface area contributed by atoms with Gasteiger partial charge in [-0.15, -0.1) is 0 Å². The molecule has 15 heavy (non-hydrogen) atoms. The Hall–Kier alpha value is -0.120. The van der Waals surface area contributed by atoms with Gasteiger partial charge in [0.2, 0.25) is 0 Å². The van der Waals surface area contributed by atoms with Crippen LogP contribution in [0.3, 0.4) is 0 Å². The first-order chi connectivity index (χ1) is 7.40. The quantitative estimate of drug-likeness (QED) is 0.758. The highest BCUT2D eigenvalue weighted by Crippen LogP contribution is 2.21. The zero-order valence-corrected chi connectivity index (χ0v) is 9.87. The summed E-state index contributed by atoms with van der Waals surface area (Å²) < 4.78 is 5.23. The van der Waals surface area contributed by atoms with Gasteiger partial charge in [0.25, 0.3) is 0 Å². The van der Waals surface area contributed by atoms with Crippen LogP contribution >= 0.6 is 0 Å². The molecule has 2 heterocycles. The molecule has 88 valence electrons. The molecule has 0 amide bonds. The van der Waals surface area contributed by atoms with E-state index in [1.165, 1.54) is 51.9 Å². The van der Waals surface area contributed by atoms with E-state index in [0.29, 0.717) is 0 Å². The molecule has 2 fully saturated rings. The highest BCUT2D eigenvalue weighted by atomic mass is 16.5. The van der Waals surface area contributed by atoms with Gasteiger partial charge in [0, 0.05) is 26.3 Å². The van der Waals surface area contributed by atoms with E-state index in [1.807, 2.05) is 7.11 Å². The predicted molar refractivity (Wildman–Crippen MR) is 62.1 cm³/mol. The van der Waals surface area contributed by atoms with Crippen LogP contribution in [0.1, 0.15) is 25.7 Å². The zero-order chi connectivity index (χ0) is 10.5. The number of ether oxygens (including phenoxy) is 1. The van der Waals surface area contributed by atoms with Crippen molar-refractivity contribution in [2.24, 2.45) is 5.92 Å². The van der Waals surface area contributed by atoms with Crippen molar-refractivity contribution in [2.75, 3.05) is 39.9 Å². The molecule has 0 aliphatic carbocycles. The van der Waals surface area contributed by atoms with Crippen LogP contribution in [0.4, 0.5) is 0 Å². The molecule has 0 saturated carbocycles. The molecule has 0 aromatic rings. The number of methoxy groups -OCH3 is 1. The highest BCUT2D eigenvalue weighted by Gasteiger charge is 2.25. The van der Waals surface area contributed by atoms with Crippen LogP contribution in [0, 0.1) is 5.92 Å². The highest BCUT2D eigenvalue weighted by molar-refractivity contribution is 4.82. The lowest BCUT2D eigenvalue weighted by molar-refractivity contribution is 0.0723. The average molecular weight is 212 g/mol. The number of nitrogens with zero attached hydrogens (tertiary/aromatic N) is 1. The summed E-state index contributed by atoms with van der Waals surface area (Å²) in [5.41, 5.74) is 0. The Balaban J connectivity index is 1.72. The first-order valence-electron chi connectivity index (χ1n) is 6.34. The van der Waals surface area contributed by atoms with Gasteiger partial charge in [0.05, 0.1) is 0 Å². The fraction of sp³-hybridized carbons (Fsp3) is 1.00. The van der Waals surface area contributed by atoms with Crippen molar-refractivity contribution in [3.8, 4) is 0 Å². The van der Waals surface area contributed by atoms with Crippen molar-refractivity contribution >= 4 is 0 Å². The predicted octanol–water partition coefficient (Wildman–Crippen LogP) is 1.10. The van der Waals surface area contributed by atoms with Crippen LogP contribution in [-0.2, 0) is 4.74 Å². The molecule has 1 atom stereocenters. The molecule has 0 aromatic heterocycles. The fourth-order valence-electron chi connectivity index (χ4n) is 2.87. The van der Waals surface area contributed by atoms with E-state index < -0.39 is 0 Å². The number of hydrogen-bond acceptors (Lipinski definition) is 3. The topological polar surface area (TPSA) is 24.5 Å². The van der Waals surface area contributed by atoms with Crippen LogP contribution in [0.5, 0.6) is 0 Å². The maximum absolute atomic E-state index is 5.23. The molecule has 2 aliphatic heterocycles. The number of hydrogen-bond donors (Lipinski definition) is 1. The lowest BCUT2D eigenvalue weighted by Gasteiger charge is -2.39. The molecule has 0 spiro atoms. The molecule has 1 unspecified atom stereocenters. The van der Waals surface area contributed by atoms with Crippen LogP contribution in [0.15, 0.2) is 0 Å². The van der Waals surface area contributed by atoms with Gasteiger partial charge in [-0.05, 0) is 51.2 Å². The molecule has 0 radical (unpaired) electrons. The van der Waals surface area contributed by atoms with E-state index in [-0.39, 0.29) is 0 Å². The second-order valence-electron chi connectivity index (χ2n) is 4.93. The van der Waals surface area contributed by atoms with Gasteiger partial charge in [-0.25, -0.2) is 0 Å². The summed E-state index contributed by atoms with van der Waals surface area (Å²) in [7, 11) is 1.82. The minimum absolute atomic E-state index is 0.808. The van der Waals surface area contributed by atoms with Crippen molar-refractivity contribution in [1.82, 2.24) is 10.2 Å². The fourth-order valence-corrected chi connectivity index (χ4v) is 2.87. The molecule has 2 aliphatic rings. The summed E-state index contributed by atoms with van der Waals surface area (Å²) in [5, 5.41) is 3.50. The third kappa shape index (κ3) is 3.16.